The molecule has 31 heavy (non-hydrogen) atoms. The number of aromatic nitrogens is 1. The van der Waals surface area contributed by atoms with Crippen LogP contribution in [0, 0.1) is 6.92 Å². The third-order valence-electron chi connectivity index (χ3n) is 5.56. The maximum Gasteiger partial charge on any atom is 0.586 e. The molecule has 2 heterocycles. The van der Waals surface area contributed by atoms with Gasteiger partial charge in [-0.2, -0.15) is 0 Å². The van der Waals surface area contributed by atoms with Gasteiger partial charge in [0.25, 0.3) is 0 Å². The molecule has 5 nitrogen and oxygen atoms in total. The van der Waals surface area contributed by atoms with E-state index in [1.165, 1.54) is 23.5 Å². The Balaban J connectivity index is 1.34. The van der Waals surface area contributed by atoms with Crippen molar-refractivity contribution in [2.75, 3.05) is 5.32 Å². The molecule has 1 amide bonds. The number of benzene rings is 2. The molecule has 1 fully saturated rings. The average Bonchev–Trinajstić information content (AvgIpc) is 3.37. The number of alkyl halides is 2. The summed E-state index contributed by atoms with van der Waals surface area (Å²) in [5.41, 5.74) is 1.66. The molecule has 9 heteroatoms. The standard InChI is InChI=1S/C22H17ClF2N2O3S/c1-12-18(10-13-4-2-3-5-15(13)23)31-20(26-12)27-19(28)21(8-9-21)14-6-7-16-17(11-14)30-22(24,25)29-16/h2-7,11H,8-10H2,1H3,(H,26,27,28). The number of carbonyl (C=O) groups is 1. The molecule has 0 atom stereocenters. The largest absolute Gasteiger partial charge is 0.586 e. The highest BCUT2D eigenvalue weighted by molar-refractivity contribution is 7.15. The smallest absolute Gasteiger partial charge is 0.395 e. The summed E-state index contributed by atoms with van der Waals surface area (Å²) in [4.78, 5) is 18.6. The molecule has 3 aromatic rings. The van der Waals surface area contributed by atoms with Crippen molar-refractivity contribution in [3.05, 3.63) is 69.2 Å². The van der Waals surface area contributed by atoms with Gasteiger partial charge in [0.15, 0.2) is 16.6 Å². The number of hydrogen-bond acceptors (Lipinski definition) is 5. The lowest BCUT2D eigenvalue weighted by Gasteiger charge is -2.15. The Hall–Kier alpha value is -2.71. The summed E-state index contributed by atoms with van der Waals surface area (Å²) in [7, 11) is 0. The lowest BCUT2D eigenvalue weighted by atomic mass is 9.94. The summed E-state index contributed by atoms with van der Waals surface area (Å²) in [6, 6.07) is 12.1. The van der Waals surface area contributed by atoms with Crippen LogP contribution in [-0.2, 0) is 16.6 Å². The third kappa shape index (κ3) is 3.74. The van der Waals surface area contributed by atoms with Crippen LogP contribution in [0.3, 0.4) is 0 Å². The lowest BCUT2D eigenvalue weighted by molar-refractivity contribution is -0.286. The Bertz CT molecular complexity index is 1190. The maximum atomic E-state index is 13.3. The van der Waals surface area contributed by atoms with Gasteiger partial charge in [-0.1, -0.05) is 35.9 Å². The highest BCUT2D eigenvalue weighted by Gasteiger charge is 2.53. The van der Waals surface area contributed by atoms with Crippen molar-refractivity contribution in [3.63, 3.8) is 0 Å². The molecule has 160 valence electrons. The number of carbonyl (C=O) groups excluding carboxylic acids is 1. The van der Waals surface area contributed by atoms with Crippen molar-refractivity contribution >= 4 is 34.0 Å². The average molecular weight is 463 g/mol. The van der Waals surface area contributed by atoms with Gasteiger partial charge in [-0.05, 0) is 49.1 Å². The van der Waals surface area contributed by atoms with Crippen LogP contribution in [0.15, 0.2) is 42.5 Å². The molecule has 0 bridgehead atoms. The molecule has 0 saturated heterocycles. The van der Waals surface area contributed by atoms with E-state index in [0.29, 0.717) is 35.0 Å². The summed E-state index contributed by atoms with van der Waals surface area (Å²) in [6.45, 7) is 1.89. The fourth-order valence-electron chi connectivity index (χ4n) is 3.70. The van der Waals surface area contributed by atoms with Gasteiger partial charge in [-0.15, -0.1) is 20.1 Å². The molecule has 2 aromatic carbocycles. The fraction of sp³-hybridized carbons (Fsp3) is 0.273. The van der Waals surface area contributed by atoms with Crippen LogP contribution in [0.2, 0.25) is 5.02 Å². The minimum atomic E-state index is -3.68. The molecule has 1 aliphatic carbocycles. The predicted octanol–water partition coefficient (Wildman–Crippen LogP) is 5.69. The SMILES string of the molecule is Cc1nc(NC(=O)C2(c3ccc4c(c3)OC(F)(F)O4)CC2)sc1Cc1ccccc1Cl. The number of ether oxygens (including phenoxy) is 2. The molecule has 0 spiro atoms. The summed E-state index contributed by atoms with van der Waals surface area (Å²) in [6.07, 6.45) is -1.83. The quantitative estimate of drug-likeness (QED) is 0.529. The zero-order valence-electron chi connectivity index (χ0n) is 16.4. The second-order valence-corrected chi connectivity index (χ2v) is 9.15. The van der Waals surface area contributed by atoms with Crippen LogP contribution in [-0.4, -0.2) is 17.2 Å². The van der Waals surface area contributed by atoms with E-state index in [4.69, 9.17) is 11.6 Å². The van der Waals surface area contributed by atoms with E-state index in [0.717, 1.165) is 16.1 Å². The van der Waals surface area contributed by atoms with Crippen molar-refractivity contribution in [2.24, 2.45) is 0 Å². The molecular formula is C22H17ClF2N2O3S. The monoisotopic (exact) mass is 462 g/mol. The third-order valence-corrected chi connectivity index (χ3v) is 7.00. The zero-order chi connectivity index (χ0) is 21.8. The van der Waals surface area contributed by atoms with Crippen molar-refractivity contribution in [2.45, 2.75) is 37.9 Å². The van der Waals surface area contributed by atoms with Crippen molar-refractivity contribution in [1.29, 1.82) is 0 Å². The normalized spacial score (nSPS) is 17.4. The first kappa shape index (κ1) is 20.2. The zero-order valence-corrected chi connectivity index (χ0v) is 17.9. The number of rotatable bonds is 5. The van der Waals surface area contributed by atoms with Crippen LogP contribution < -0.4 is 14.8 Å². The van der Waals surface area contributed by atoms with Gasteiger partial charge in [0.2, 0.25) is 5.91 Å². The van der Waals surface area contributed by atoms with E-state index in [-0.39, 0.29) is 17.4 Å². The molecule has 0 radical (unpaired) electrons. The van der Waals surface area contributed by atoms with Gasteiger partial charge in [0, 0.05) is 16.3 Å². The molecule has 1 saturated carbocycles. The molecule has 1 aromatic heterocycles. The number of amides is 1. The summed E-state index contributed by atoms with van der Waals surface area (Å²) in [5.74, 6) is -0.311. The highest BCUT2D eigenvalue weighted by atomic mass is 35.5. The Morgan fingerprint density at radius 1 is 1.19 bits per heavy atom. The van der Waals surface area contributed by atoms with Crippen LogP contribution >= 0.6 is 22.9 Å². The first-order valence-electron chi connectivity index (χ1n) is 9.67. The maximum absolute atomic E-state index is 13.3. The van der Waals surface area contributed by atoms with Gasteiger partial charge >= 0.3 is 6.29 Å². The van der Waals surface area contributed by atoms with E-state index < -0.39 is 11.7 Å². The Morgan fingerprint density at radius 3 is 2.68 bits per heavy atom. The van der Waals surface area contributed by atoms with E-state index in [2.05, 4.69) is 19.8 Å². The van der Waals surface area contributed by atoms with Crippen LogP contribution in [0.1, 0.15) is 34.5 Å². The topological polar surface area (TPSA) is 60.5 Å². The number of nitrogens with one attached hydrogen (secondary N) is 1. The summed E-state index contributed by atoms with van der Waals surface area (Å²) >= 11 is 7.66. The van der Waals surface area contributed by atoms with Gasteiger partial charge in [0.05, 0.1) is 11.1 Å². The van der Waals surface area contributed by atoms with Crippen molar-refractivity contribution in [1.82, 2.24) is 4.98 Å². The van der Waals surface area contributed by atoms with Gasteiger partial charge < -0.3 is 14.8 Å². The first-order valence-corrected chi connectivity index (χ1v) is 10.9. The first-order chi connectivity index (χ1) is 14.8. The molecular weight excluding hydrogens is 446 g/mol. The number of aryl methyl sites for hydroxylation is 1. The van der Waals surface area contributed by atoms with Crippen LogP contribution in [0.25, 0.3) is 0 Å². The van der Waals surface area contributed by atoms with E-state index >= 15 is 0 Å². The molecule has 0 unspecified atom stereocenters. The molecule has 5 rings (SSSR count). The lowest BCUT2D eigenvalue weighted by Crippen LogP contribution is -2.27. The number of hydrogen-bond donors (Lipinski definition) is 1. The van der Waals surface area contributed by atoms with Crippen LogP contribution in [0.4, 0.5) is 13.9 Å². The summed E-state index contributed by atoms with van der Waals surface area (Å²) < 4.78 is 35.6. The van der Waals surface area contributed by atoms with E-state index in [9.17, 15) is 13.6 Å². The minimum absolute atomic E-state index is 0.0373. The minimum Gasteiger partial charge on any atom is -0.395 e. The fourth-order valence-corrected chi connectivity index (χ4v) is 4.88. The van der Waals surface area contributed by atoms with Gasteiger partial charge in [0.1, 0.15) is 0 Å². The highest BCUT2D eigenvalue weighted by Crippen LogP contribution is 2.52. The Kier molecular flexibility index (Phi) is 4.67. The molecule has 1 N–H and O–H groups in total. The number of nitrogens with zero attached hydrogens (tertiary/aromatic N) is 1. The van der Waals surface area contributed by atoms with Gasteiger partial charge in [-0.25, -0.2) is 4.98 Å². The molecule has 2 aliphatic rings. The number of anilines is 1. The predicted molar refractivity (Wildman–Crippen MR) is 113 cm³/mol. The number of halogens is 3. The second kappa shape index (κ2) is 7.17. The van der Waals surface area contributed by atoms with Crippen molar-refractivity contribution in [3.8, 4) is 11.5 Å². The van der Waals surface area contributed by atoms with Crippen molar-refractivity contribution < 1.29 is 23.0 Å². The van der Waals surface area contributed by atoms with Gasteiger partial charge in [-0.3, -0.25) is 4.79 Å². The number of fused-ring (bicyclic) bond motifs is 1. The second-order valence-electron chi connectivity index (χ2n) is 7.66. The number of thiazole rings is 1. The molecule has 1 aliphatic heterocycles. The van der Waals surface area contributed by atoms with E-state index in [1.54, 1.807) is 6.07 Å². The Morgan fingerprint density at radius 2 is 1.94 bits per heavy atom. The van der Waals surface area contributed by atoms with E-state index in [1.807, 2.05) is 31.2 Å². The summed E-state index contributed by atoms with van der Waals surface area (Å²) in [5, 5.41) is 4.09. The Labute approximate surface area is 186 Å². The van der Waals surface area contributed by atoms with Crippen LogP contribution in [0.5, 0.6) is 11.5 Å².